The SMILES string of the molecule is COc1ccc(OC[C@@H](NS(=O)(=O)c2ccc(-n3cnnn3)cc2)C(C)C)cc1. The van der Waals surface area contributed by atoms with Gasteiger partial charge in [0.25, 0.3) is 0 Å². The van der Waals surface area contributed by atoms with Crippen molar-refractivity contribution < 1.29 is 17.9 Å². The van der Waals surface area contributed by atoms with Crippen LogP contribution in [0.4, 0.5) is 0 Å². The van der Waals surface area contributed by atoms with Crippen molar-refractivity contribution in [3.05, 3.63) is 54.9 Å². The summed E-state index contributed by atoms with van der Waals surface area (Å²) in [7, 11) is -2.12. The van der Waals surface area contributed by atoms with Crippen molar-refractivity contribution in [2.75, 3.05) is 13.7 Å². The van der Waals surface area contributed by atoms with Crippen molar-refractivity contribution in [2.24, 2.45) is 5.92 Å². The molecule has 1 atom stereocenters. The third-order valence-electron chi connectivity index (χ3n) is 4.36. The highest BCUT2D eigenvalue weighted by molar-refractivity contribution is 7.89. The normalized spacial score (nSPS) is 12.7. The summed E-state index contributed by atoms with van der Waals surface area (Å²) in [4.78, 5) is 0.157. The largest absolute Gasteiger partial charge is 0.497 e. The van der Waals surface area contributed by atoms with Crippen LogP contribution in [0.5, 0.6) is 11.5 Å². The van der Waals surface area contributed by atoms with Crippen LogP contribution >= 0.6 is 0 Å². The van der Waals surface area contributed by atoms with E-state index >= 15 is 0 Å². The van der Waals surface area contributed by atoms with Gasteiger partial charge in [-0.2, -0.15) is 0 Å². The predicted molar refractivity (Wildman–Crippen MR) is 107 cm³/mol. The number of hydrogen-bond acceptors (Lipinski definition) is 7. The van der Waals surface area contributed by atoms with Crippen molar-refractivity contribution >= 4 is 10.0 Å². The van der Waals surface area contributed by atoms with Crippen LogP contribution in [-0.4, -0.2) is 48.4 Å². The van der Waals surface area contributed by atoms with Crippen molar-refractivity contribution in [1.82, 2.24) is 24.9 Å². The van der Waals surface area contributed by atoms with Crippen LogP contribution in [0.1, 0.15) is 13.8 Å². The lowest BCUT2D eigenvalue weighted by molar-refractivity contribution is 0.247. The second-order valence-electron chi connectivity index (χ2n) is 6.71. The Hall–Kier alpha value is -2.98. The predicted octanol–water partition coefficient (Wildman–Crippen LogP) is 2.05. The first-order chi connectivity index (χ1) is 13.9. The fraction of sp³-hybridized carbons (Fsp3) is 0.316. The third-order valence-corrected chi connectivity index (χ3v) is 5.87. The number of aromatic nitrogens is 4. The van der Waals surface area contributed by atoms with E-state index in [1.165, 1.54) is 23.1 Å². The fourth-order valence-corrected chi connectivity index (χ4v) is 3.91. The number of tetrazole rings is 1. The maximum absolute atomic E-state index is 12.8. The van der Waals surface area contributed by atoms with E-state index in [4.69, 9.17) is 9.47 Å². The molecule has 2 aromatic carbocycles. The molecule has 3 rings (SSSR count). The quantitative estimate of drug-likeness (QED) is 0.568. The number of benzene rings is 2. The molecule has 29 heavy (non-hydrogen) atoms. The number of sulfonamides is 1. The number of rotatable bonds is 9. The summed E-state index contributed by atoms with van der Waals surface area (Å²) in [6, 6.07) is 13.0. The minimum Gasteiger partial charge on any atom is -0.497 e. The van der Waals surface area contributed by atoms with Crippen molar-refractivity contribution in [3.63, 3.8) is 0 Å². The summed E-state index contributed by atoms with van der Waals surface area (Å²) >= 11 is 0. The van der Waals surface area contributed by atoms with Gasteiger partial charge in [-0.15, -0.1) is 5.10 Å². The molecule has 9 nitrogen and oxygen atoms in total. The Kier molecular flexibility index (Phi) is 6.45. The van der Waals surface area contributed by atoms with E-state index in [0.717, 1.165) is 5.75 Å². The molecule has 0 saturated carbocycles. The molecule has 0 fully saturated rings. The van der Waals surface area contributed by atoms with Gasteiger partial charge in [0.1, 0.15) is 24.4 Å². The summed E-state index contributed by atoms with van der Waals surface area (Å²) in [5, 5.41) is 10.9. The van der Waals surface area contributed by atoms with Crippen LogP contribution < -0.4 is 14.2 Å². The van der Waals surface area contributed by atoms with Gasteiger partial charge in [-0.3, -0.25) is 0 Å². The minimum absolute atomic E-state index is 0.0310. The average Bonchev–Trinajstić information content (AvgIpc) is 3.26. The zero-order chi connectivity index (χ0) is 20.9. The molecular weight excluding hydrogens is 394 g/mol. The van der Waals surface area contributed by atoms with Gasteiger partial charge in [-0.1, -0.05) is 13.8 Å². The van der Waals surface area contributed by atoms with E-state index in [0.29, 0.717) is 11.4 Å². The Morgan fingerprint density at radius 3 is 2.24 bits per heavy atom. The van der Waals surface area contributed by atoms with E-state index in [-0.39, 0.29) is 17.4 Å². The van der Waals surface area contributed by atoms with Gasteiger partial charge >= 0.3 is 0 Å². The molecule has 1 N–H and O–H groups in total. The number of methoxy groups -OCH3 is 1. The van der Waals surface area contributed by atoms with Gasteiger partial charge in [0, 0.05) is 0 Å². The highest BCUT2D eigenvalue weighted by Crippen LogP contribution is 2.19. The zero-order valence-corrected chi connectivity index (χ0v) is 17.2. The van der Waals surface area contributed by atoms with E-state index < -0.39 is 16.1 Å². The fourth-order valence-electron chi connectivity index (χ4n) is 2.55. The van der Waals surface area contributed by atoms with Crippen molar-refractivity contribution in [2.45, 2.75) is 24.8 Å². The summed E-state index contributed by atoms with van der Waals surface area (Å²) in [6.45, 7) is 4.07. The molecule has 0 spiro atoms. The third kappa shape index (κ3) is 5.30. The van der Waals surface area contributed by atoms with Gasteiger partial charge in [-0.05, 0) is 64.9 Å². The molecule has 1 aromatic heterocycles. The van der Waals surface area contributed by atoms with Gasteiger partial charge in [-0.25, -0.2) is 17.8 Å². The number of hydrogen-bond donors (Lipinski definition) is 1. The molecule has 0 saturated heterocycles. The Morgan fingerprint density at radius 1 is 1.03 bits per heavy atom. The van der Waals surface area contributed by atoms with Gasteiger partial charge in [0.05, 0.1) is 23.7 Å². The van der Waals surface area contributed by atoms with Crippen LogP contribution in [-0.2, 0) is 10.0 Å². The molecule has 3 aromatic rings. The molecular formula is C19H23N5O4S. The molecule has 1 heterocycles. The first-order valence-corrected chi connectivity index (χ1v) is 10.5. The molecule has 0 amide bonds. The van der Waals surface area contributed by atoms with Crippen molar-refractivity contribution in [1.29, 1.82) is 0 Å². The van der Waals surface area contributed by atoms with E-state index in [9.17, 15) is 8.42 Å². The molecule has 0 unspecified atom stereocenters. The summed E-state index contributed by atoms with van der Waals surface area (Å²) in [5.74, 6) is 1.40. The van der Waals surface area contributed by atoms with Crippen LogP contribution in [0.15, 0.2) is 59.8 Å². The van der Waals surface area contributed by atoms with Crippen LogP contribution in [0.3, 0.4) is 0 Å². The number of nitrogens with zero attached hydrogens (tertiary/aromatic N) is 4. The van der Waals surface area contributed by atoms with Gasteiger partial charge in [0.15, 0.2) is 0 Å². The average molecular weight is 417 g/mol. The Bertz CT molecular complexity index is 1000. The van der Waals surface area contributed by atoms with Crippen LogP contribution in [0, 0.1) is 5.92 Å². The lowest BCUT2D eigenvalue weighted by Crippen LogP contribution is -2.42. The van der Waals surface area contributed by atoms with Crippen LogP contribution in [0.2, 0.25) is 0 Å². The van der Waals surface area contributed by atoms with Crippen LogP contribution in [0.25, 0.3) is 5.69 Å². The number of nitrogens with one attached hydrogen (secondary N) is 1. The second kappa shape index (κ2) is 9.01. The highest BCUT2D eigenvalue weighted by atomic mass is 32.2. The maximum Gasteiger partial charge on any atom is 0.240 e. The first kappa shape index (κ1) is 20.7. The maximum atomic E-state index is 12.8. The Labute approximate surface area is 169 Å². The molecule has 10 heteroatoms. The summed E-state index contributed by atoms with van der Waals surface area (Å²) in [5.41, 5.74) is 0.664. The zero-order valence-electron chi connectivity index (χ0n) is 16.4. The smallest absolute Gasteiger partial charge is 0.240 e. The summed E-state index contributed by atoms with van der Waals surface area (Å²) < 4.78 is 40.7. The standard InChI is InChI=1S/C19H23N5O4S/c1-14(2)19(12-28-17-8-6-16(27-3)7-9-17)21-29(25,26)18-10-4-15(5-11-18)24-13-20-22-23-24/h4-11,13-14,19,21H,12H2,1-3H3/t19-/m1/s1. The van der Waals surface area contributed by atoms with E-state index in [1.807, 2.05) is 13.8 Å². The monoisotopic (exact) mass is 417 g/mol. The molecule has 0 aliphatic heterocycles. The molecule has 0 aliphatic carbocycles. The van der Waals surface area contributed by atoms with E-state index in [2.05, 4.69) is 20.2 Å². The lowest BCUT2D eigenvalue weighted by Gasteiger charge is -2.22. The molecule has 0 radical (unpaired) electrons. The minimum atomic E-state index is -3.72. The molecule has 0 bridgehead atoms. The topological polar surface area (TPSA) is 108 Å². The molecule has 154 valence electrons. The molecule has 0 aliphatic rings. The van der Waals surface area contributed by atoms with Gasteiger partial charge in [0.2, 0.25) is 10.0 Å². The summed E-state index contributed by atoms with van der Waals surface area (Å²) in [6.07, 6.45) is 1.44. The first-order valence-electron chi connectivity index (χ1n) is 9.01. The van der Waals surface area contributed by atoms with Crippen molar-refractivity contribution in [3.8, 4) is 17.2 Å². The number of ether oxygens (including phenoxy) is 2. The lowest BCUT2D eigenvalue weighted by atomic mass is 10.1. The highest BCUT2D eigenvalue weighted by Gasteiger charge is 2.23. The van der Waals surface area contributed by atoms with E-state index in [1.54, 1.807) is 43.5 Å². The second-order valence-corrected chi connectivity index (χ2v) is 8.42. The van der Waals surface area contributed by atoms with Gasteiger partial charge < -0.3 is 9.47 Å². The Morgan fingerprint density at radius 2 is 1.69 bits per heavy atom. The Balaban J connectivity index is 1.68.